The molecule has 132 valence electrons. The summed E-state index contributed by atoms with van der Waals surface area (Å²) in [5.41, 5.74) is 0. The molecule has 0 bridgehead atoms. The van der Waals surface area contributed by atoms with Crippen molar-refractivity contribution >= 4 is 11.8 Å². The Hall–Kier alpha value is -1.14. The fourth-order valence-electron chi connectivity index (χ4n) is 3.48. The minimum atomic E-state index is 0.0483. The van der Waals surface area contributed by atoms with E-state index in [1.807, 2.05) is 11.8 Å². The van der Waals surface area contributed by atoms with Gasteiger partial charge in [-0.1, -0.05) is 19.8 Å². The van der Waals surface area contributed by atoms with Crippen LogP contribution in [0.25, 0.3) is 0 Å². The van der Waals surface area contributed by atoms with Crippen LogP contribution < -0.4 is 5.32 Å². The molecule has 2 atom stereocenters. The molecule has 1 aliphatic carbocycles. The molecule has 1 saturated heterocycles. The lowest BCUT2D eigenvalue weighted by molar-refractivity contribution is -0.137. The highest BCUT2D eigenvalue weighted by Gasteiger charge is 2.24. The van der Waals surface area contributed by atoms with Crippen molar-refractivity contribution in [3.8, 4) is 0 Å². The maximum absolute atomic E-state index is 12.2. The van der Waals surface area contributed by atoms with Crippen LogP contribution in [-0.2, 0) is 14.3 Å². The first kappa shape index (κ1) is 18.2. The van der Waals surface area contributed by atoms with Crippen LogP contribution in [0.4, 0.5) is 0 Å². The largest absolute Gasteiger partial charge is 0.372 e. The Morgan fingerprint density at radius 1 is 1.17 bits per heavy atom. The second kappa shape index (κ2) is 9.23. The second-order valence-corrected chi connectivity index (χ2v) is 6.83. The Morgan fingerprint density at radius 2 is 1.91 bits per heavy atom. The third-order valence-corrected chi connectivity index (χ3v) is 4.82. The zero-order valence-corrected chi connectivity index (χ0v) is 14.6. The molecule has 2 fully saturated rings. The van der Waals surface area contributed by atoms with Crippen LogP contribution in [0.3, 0.4) is 0 Å². The summed E-state index contributed by atoms with van der Waals surface area (Å²) < 4.78 is 5.16. The number of carbonyl (C=O) groups is 2. The van der Waals surface area contributed by atoms with E-state index in [0.29, 0.717) is 38.2 Å². The summed E-state index contributed by atoms with van der Waals surface area (Å²) in [6.07, 6.45) is 4.71. The molecule has 1 saturated carbocycles. The first-order valence-corrected chi connectivity index (χ1v) is 8.95. The molecule has 6 heteroatoms. The average Bonchev–Trinajstić information content (AvgIpc) is 2.53. The number of piperazine rings is 1. The summed E-state index contributed by atoms with van der Waals surface area (Å²) in [6.45, 7) is 8.19. The number of hydrogen-bond donors (Lipinski definition) is 1. The number of ether oxygens (including phenoxy) is 1. The third-order valence-electron chi connectivity index (χ3n) is 4.82. The van der Waals surface area contributed by atoms with Gasteiger partial charge in [0, 0.05) is 38.8 Å². The van der Waals surface area contributed by atoms with Gasteiger partial charge in [0.25, 0.3) is 0 Å². The molecular formula is C17H31N3O3. The SMILES string of the molecule is CCOCC(=O)N1CCN(CC(=O)N[C@@H]2CCC[C@@H](C)C2)CC1. The Kier molecular flexibility index (Phi) is 7.30. The van der Waals surface area contributed by atoms with E-state index in [4.69, 9.17) is 4.74 Å². The van der Waals surface area contributed by atoms with Gasteiger partial charge in [-0.25, -0.2) is 0 Å². The molecule has 1 heterocycles. The van der Waals surface area contributed by atoms with Crippen molar-refractivity contribution < 1.29 is 14.3 Å². The molecule has 0 aromatic heterocycles. The summed E-state index contributed by atoms with van der Waals surface area (Å²) in [6, 6.07) is 0.348. The fourth-order valence-corrected chi connectivity index (χ4v) is 3.48. The van der Waals surface area contributed by atoms with Crippen LogP contribution in [0.15, 0.2) is 0 Å². The van der Waals surface area contributed by atoms with Gasteiger partial charge in [-0.15, -0.1) is 0 Å². The summed E-state index contributed by atoms with van der Waals surface area (Å²) in [5.74, 6) is 0.888. The lowest BCUT2D eigenvalue weighted by Crippen LogP contribution is -2.52. The zero-order chi connectivity index (χ0) is 16.7. The average molecular weight is 325 g/mol. The molecular weight excluding hydrogens is 294 g/mol. The highest BCUT2D eigenvalue weighted by atomic mass is 16.5. The van der Waals surface area contributed by atoms with E-state index in [-0.39, 0.29) is 18.4 Å². The molecule has 2 rings (SSSR count). The van der Waals surface area contributed by atoms with Gasteiger partial charge in [0.1, 0.15) is 6.61 Å². The first-order valence-electron chi connectivity index (χ1n) is 8.95. The number of nitrogens with zero attached hydrogens (tertiary/aromatic N) is 2. The van der Waals surface area contributed by atoms with E-state index in [9.17, 15) is 9.59 Å². The lowest BCUT2D eigenvalue weighted by Gasteiger charge is -2.35. The Balaban J connectivity index is 1.65. The van der Waals surface area contributed by atoms with Crippen LogP contribution >= 0.6 is 0 Å². The molecule has 0 radical (unpaired) electrons. The van der Waals surface area contributed by atoms with Crippen molar-refractivity contribution in [1.29, 1.82) is 0 Å². The maximum atomic E-state index is 12.2. The number of amides is 2. The standard InChI is InChI=1S/C17H31N3O3/c1-3-23-13-17(22)20-9-7-19(8-10-20)12-16(21)18-15-6-4-5-14(2)11-15/h14-15H,3-13H2,1-2H3,(H,18,21)/t14-,15-/m1/s1. The highest BCUT2D eigenvalue weighted by molar-refractivity contribution is 5.79. The summed E-state index contributed by atoms with van der Waals surface area (Å²) >= 11 is 0. The minimum Gasteiger partial charge on any atom is -0.372 e. The zero-order valence-electron chi connectivity index (χ0n) is 14.6. The van der Waals surface area contributed by atoms with Gasteiger partial charge in [-0.3, -0.25) is 14.5 Å². The molecule has 0 aromatic carbocycles. The molecule has 1 N–H and O–H groups in total. The predicted octanol–water partition coefficient (Wildman–Crippen LogP) is 0.862. The van der Waals surface area contributed by atoms with Crippen molar-refractivity contribution in [3.05, 3.63) is 0 Å². The monoisotopic (exact) mass is 325 g/mol. The van der Waals surface area contributed by atoms with Gasteiger partial charge in [-0.2, -0.15) is 0 Å². The van der Waals surface area contributed by atoms with Gasteiger partial charge >= 0.3 is 0 Å². The molecule has 0 aromatic rings. The molecule has 2 amide bonds. The topological polar surface area (TPSA) is 61.9 Å². The molecule has 6 nitrogen and oxygen atoms in total. The number of nitrogens with one attached hydrogen (secondary N) is 1. The molecule has 23 heavy (non-hydrogen) atoms. The van der Waals surface area contributed by atoms with Crippen LogP contribution in [0.1, 0.15) is 39.5 Å². The second-order valence-electron chi connectivity index (χ2n) is 6.83. The smallest absolute Gasteiger partial charge is 0.248 e. The van der Waals surface area contributed by atoms with E-state index < -0.39 is 0 Å². The van der Waals surface area contributed by atoms with Gasteiger partial charge in [0.15, 0.2) is 0 Å². The van der Waals surface area contributed by atoms with Crippen molar-refractivity contribution in [2.75, 3.05) is 45.9 Å². The minimum absolute atomic E-state index is 0.0483. The molecule has 0 spiro atoms. The van der Waals surface area contributed by atoms with Crippen molar-refractivity contribution in [1.82, 2.24) is 15.1 Å². The van der Waals surface area contributed by atoms with Crippen molar-refractivity contribution in [2.45, 2.75) is 45.6 Å². The predicted molar refractivity (Wildman–Crippen MR) is 89.1 cm³/mol. The summed E-state index contributed by atoms with van der Waals surface area (Å²) in [7, 11) is 0. The molecule has 0 unspecified atom stereocenters. The third kappa shape index (κ3) is 6.11. The van der Waals surface area contributed by atoms with Crippen LogP contribution in [-0.4, -0.2) is 73.6 Å². The van der Waals surface area contributed by atoms with Gasteiger partial charge in [0.2, 0.25) is 11.8 Å². The Bertz CT molecular complexity index is 395. The fraction of sp³-hybridized carbons (Fsp3) is 0.882. The van der Waals surface area contributed by atoms with Crippen LogP contribution in [0.2, 0.25) is 0 Å². The Labute approximate surface area is 139 Å². The van der Waals surface area contributed by atoms with E-state index in [2.05, 4.69) is 17.1 Å². The van der Waals surface area contributed by atoms with E-state index in [1.54, 1.807) is 0 Å². The van der Waals surface area contributed by atoms with Crippen molar-refractivity contribution in [2.24, 2.45) is 5.92 Å². The first-order chi connectivity index (χ1) is 11.1. The Morgan fingerprint density at radius 3 is 2.57 bits per heavy atom. The normalized spacial score (nSPS) is 26.1. The lowest BCUT2D eigenvalue weighted by atomic mass is 9.87. The van der Waals surface area contributed by atoms with Gasteiger partial charge < -0.3 is 15.0 Å². The van der Waals surface area contributed by atoms with Crippen LogP contribution in [0, 0.1) is 5.92 Å². The van der Waals surface area contributed by atoms with Crippen molar-refractivity contribution in [3.63, 3.8) is 0 Å². The summed E-state index contributed by atoms with van der Waals surface area (Å²) in [5, 5.41) is 3.18. The quantitative estimate of drug-likeness (QED) is 0.787. The molecule has 1 aliphatic heterocycles. The van der Waals surface area contributed by atoms with Gasteiger partial charge in [-0.05, 0) is 25.7 Å². The maximum Gasteiger partial charge on any atom is 0.248 e. The van der Waals surface area contributed by atoms with E-state index in [0.717, 1.165) is 25.9 Å². The van der Waals surface area contributed by atoms with E-state index in [1.165, 1.54) is 12.8 Å². The number of hydrogen-bond acceptors (Lipinski definition) is 4. The van der Waals surface area contributed by atoms with E-state index >= 15 is 0 Å². The van der Waals surface area contributed by atoms with Gasteiger partial charge in [0.05, 0.1) is 6.54 Å². The summed E-state index contributed by atoms with van der Waals surface area (Å²) in [4.78, 5) is 28.0. The highest BCUT2D eigenvalue weighted by Crippen LogP contribution is 2.23. The number of carbonyl (C=O) groups excluding carboxylic acids is 2. The van der Waals surface area contributed by atoms with Crippen LogP contribution in [0.5, 0.6) is 0 Å². The molecule has 2 aliphatic rings. The number of rotatable bonds is 6.